The number of carbonyl (C=O) groups excluding carboxylic acids is 1. The van der Waals surface area contributed by atoms with Crippen molar-refractivity contribution < 1.29 is 4.79 Å². The highest BCUT2D eigenvalue weighted by molar-refractivity contribution is 6.35. The number of hydrogen-bond acceptors (Lipinski definition) is 3. The highest BCUT2D eigenvalue weighted by Gasteiger charge is 2.26. The van der Waals surface area contributed by atoms with Crippen molar-refractivity contribution in [3.63, 3.8) is 0 Å². The van der Waals surface area contributed by atoms with Crippen LogP contribution in [0.5, 0.6) is 0 Å². The van der Waals surface area contributed by atoms with Crippen LogP contribution >= 0.6 is 0 Å². The Labute approximate surface area is 186 Å². The van der Waals surface area contributed by atoms with Gasteiger partial charge in [0.1, 0.15) is 0 Å². The third kappa shape index (κ3) is 3.09. The monoisotopic (exact) mass is 420 g/mol. The van der Waals surface area contributed by atoms with Crippen LogP contribution in [0.2, 0.25) is 0 Å². The molecule has 0 spiro atoms. The number of nitrogens with zero attached hydrogens (tertiary/aromatic N) is 1. The molecule has 1 aliphatic heterocycles. The van der Waals surface area contributed by atoms with Crippen LogP contribution in [0, 0.1) is 0 Å². The van der Waals surface area contributed by atoms with E-state index in [1.54, 1.807) is 0 Å². The Morgan fingerprint density at radius 2 is 1.94 bits per heavy atom. The summed E-state index contributed by atoms with van der Waals surface area (Å²) >= 11 is 0. The van der Waals surface area contributed by atoms with Gasteiger partial charge in [-0.1, -0.05) is 24.3 Å². The molecule has 2 aliphatic rings. The number of anilines is 2. The van der Waals surface area contributed by atoms with Crippen LogP contribution in [0.3, 0.4) is 0 Å². The van der Waals surface area contributed by atoms with Crippen LogP contribution in [0.1, 0.15) is 46.6 Å². The summed E-state index contributed by atoms with van der Waals surface area (Å²) in [5, 5.41) is 5.33. The standard InChI is InChI=1S/C27H24N4O/c28-17-9-10-24-20(13-17)22(27(32)31-24)15-26-21(19-7-3-4-8-23(19)30-26)14-25-18-6-2-1-5-16(18)11-12-29-25/h1-2,5-6,9-13,15,30H,3-4,7-8,14,28H2,(H,31,32). The molecule has 5 nitrogen and oxygen atoms in total. The number of nitrogen functional groups attached to an aromatic ring is 1. The van der Waals surface area contributed by atoms with E-state index in [1.807, 2.05) is 30.5 Å². The van der Waals surface area contributed by atoms with Crippen molar-refractivity contribution in [1.82, 2.24) is 9.97 Å². The Morgan fingerprint density at radius 1 is 1.06 bits per heavy atom. The molecule has 4 N–H and O–H groups in total. The molecule has 0 unspecified atom stereocenters. The normalized spacial score (nSPS) is 16.2. The zero-order valence-electron chi connectivity index (χ0n) is 17.7. The summed E-state index contributed by atoms with van der Waals surface area (Å²) in [7, 11) is 0. The van der Waals surface area contributed by atoms with Crippen LogP contribution in [0.4, 0.5) is 11.4 Å². The number of aromatic nitrogens is 2. The summed E-state index contributed by atoms with van der Waals surface area (Å²) in [6.45, 7) is 0. The average Bonchev–Trinajstić information content (AvgIpc) is 3.31. The SMILES string of the molecule is Nc1ccc2c(c1)C(=Cc1[nH]c3c(c1Cc1nccc4ccccc14)CCCC3)C(=O)N2. The van der Waals surface area contributed by atoms with Gasteiger partial charge < -0.3 is 16.0 Å². The molecule has 0 radical (unpaired) electrons. The van der Waals surface area contributed by atoms with E-state index >= 15 is 0 Å². The molecule has 3 heterocycles. The molecule has 5 heteroatoms. The van der Waals surface area contributed by atoms with Gasteiger partial charge in [-0.15, -0.1) is 0 Å². The van der Waals surface area contributed by atoms with Gasteiger partial charge in [0.15, 0.2) is 0 Å². The second kappa shape index (κ2) is 7.38. The van der Waals surface area contributed by atoms with Gasteiger partial charge in [-0.05, 0) is 72.5 Å². The van der Waals surface area contributed by atoms with Crippen LogP contribution in [0.15, 0.2) is 54.7 Å². The number of carbonyl (C=O) groups is 1. The Morgan fingerprint density at radius 3 is 2.88 bits per heavy atom. The van der Waals surface area contributed by atoms with E-state index in [-0.39, 0.29) is 5.91 Å². The van der Waals surface area contributed by atoms with E-state index in [2.05, 4.69) is 40.6 Å². The summed E-state index contributed by atoms with van der Waals surface area (Å²) in [5.41, 5.74) is 15.0. The zero-order valence-corrected chi connectivity index (χ0v) is 17.7. The molecule has 0 bridgehead atoms. The average molecular weight is 421 g/mol. The maximum Gasteiger partial charge on any atom is 0.256 e. The fourth-order valence-electron chi connectivity index (χ4n) is 5.09. The summed E-state index contributed by atoms with van der Waals surface area (Å²) in [5.74, 6) is -0.0904. The number of rotatable bonds is 3. The molecule has 158 valence electrons. The van der Waals surface area contributed by atoms with Gasteiger partial charge >= 0.3 is 0 Å². The lowest BCUT2D eigenvalue weighted by molar-refractivity contribution is -0.110. The van der Waals surface area contributed by atoms with E-state index in [0.717, 1.165) is 41.9 Å². The fraction of sp³-hybridized carbons (Fsp3) is 0.185. The number of amides is 1. The zero-order chi connectivity index (χ0) is 21.7. The number of fused-ring (bicyclic) bond motifs is 3. The highest BCUT2D eigenvalue weighted by Crippen LogP contribution is 2.37. The van der Waals surface area contributed by atoms with Gasteiger partial charge in [0.2, 0.25) is 0 Å². The molecule has 0 saturated carbocycles. The summed E-state index contributed by atoms with van der Waals surface area (Å²) in [4.78, 5) is 21.2. The van der Waals surface area contributed by atoms with Gasteiger partial charge in [0.25, 0.3) is 5.91 Å². The molecule has 0 atom stereocenters. The second-order valence-corrected chi connectivity index (χ2v) is 8.65. The second-order valence-electron chi connectivity index (χ2n) is 8.65. The number of nitrogens with one attached hydrogen (secondary N) is 2. The van der Waals surface area contributed by atoms with Crippen LogP contribution in [-0.4, -0.2) is 15.9 Å². The Bertz CT molecular complexity index is 1410. The minimum absolute atomic E-state index is 0.0904. The first-order valence-electron chi connectivity index (χ1n) is 11.2. The molecule has 2 aromatic carbocycles. The number of aromatic amines is 1. The van der Waals surface area contributed by atoms with Crippen LogP contribution in [0.25, 0.3) is 22.4 Å². The third-order valence-electron chi connectivity index (χ3n) is 6.66. The van der Waals surface area contributed by atoms with Crippen molar-refractivity contribution >= 4 is 39.7 Å². The number of benzene rings is 2. The van der Waals surface area contributed by atoms with E-state index in [0.29, 0.717) is 11.3 Å². The van der Waals surface area contributed by atoms with Crippen LogP contribution < -0.4 is 11.1 Å². The number of H-pyrrole nitrogens is 1. The Hall–Kier alpha value is -3.86. The molecule has 32 heavy (non-hydrogen) atoms. The minimum atomic E-state index is -0.0904. The molecule has 0 saturated heterocycles. The van der Waals surface area contributed by atoms with Gasteiger partial charge in [0.05, 0.1) is 11.3 Å². The van der Waals surface area contributed by atoms with E-state index in [9.17, 15) is 4.79 Å². The molecule has 1 amide bonds. The van der Waals surface area contributed by atoms with Gasteiger partial charge in [-0.3, -0.25) is 9.78 Å². The maximum atomic E-state index is 12.8. The van der Waals surface area contributed by atoms with Crippen LogP contribution in [-0.2, 0) is 24.1 Å². The molecule has 6 rings (SSSR count). The van der Waals surface area contributed by atoms with Crippen molar-refractivity contribution in [3.05, 3.63) is 88.5 Å². The Kier molecular flexibility index (Phi) is 4.35. The van der Waals surface area contributed by atoms with Crippen molar-refractivity contribution in [2.45, 2.75) is 32.1 Å². The predicted molar refractivity (Wildman–Crippen MR) is 129 cm³/mol. The molecular weight excluding hydrogens is 396 g/mol. The summed E-state index contributed by atoms with van der Waals surface area (Å²) in [6.07, 6.45) is 9.11. The van der Waals surface area contributed by atoms with E-state index in [1.165, 1.54) is 40.4 Å². The summed E-state index contributed by atoms with van der Waals surface area (Å²) < 4.78 is 0. The molecular formula is C27H24N4O. The van der Waals surface area contributed by atoms with Crippen molar-refractivity contribution in [2.24, 2.45) is 0 Å². The first-order valence-corrected chi connectivity index (χ1v) is 11.2. The number of nitrogens with two attached hydrogens (primary N) is 1. The molecule has 2 aromatic heterocycles. The molecule has 1 aliphatic carbocycles. The largest absolute Gasteiger partial charge is 0.399 e. The predicted octanol–water partition coefficient (Wildman–Crippen LogP) is 5.11. The molecule has 0 fully saturated rings. The maximum absolute atomic E-state index is 12.8. The van der Waals surface area contributed by atoms with E-state index in [4.69, 9.17) is 10.7 Å². The number of aryl methyl sites for hydroxylation is 1. The first kappa shape index (κ1) is 18.9. The number of hydrogen-bond donors (Lipinski definition) is 3. The van der Waals surface area contributed by atoms with Crippen molar-refractivity contribution in [3.8, 4) is 0 Å². The number of pyridine rings is 1. The van der Waals surface area contributed by atoms with Crippen molar-refractivity contribution in [2.75, 3.05) is 11.1 Å². The van der Waals surface area contributed by atoms with Gasteiger partial charge in [-0.25, -0.2) is 0 Å². The van der Waals surface area contributed by atoms with E-state index < -0.39 is 0 Å². The fourth-order valence-corrected chi connectivity index (χ4v) is 5.09. The Balaban J connectivity index is 1.50. The first-order chi connectivity index (χ1) is 15.7. The van der Waals surface area contributed by atoms with Gasteiger partial charge in [-0.2, -0.15) is 0 Å². The minimum Gasteiger partial charge on any atom is -0.399 e. The third-order valence-corrected chi connectivity index (χ3v) is 6.66. The summed E-state index contributed by atoms with van der Waals surface area (Å²) in [6, 6.07) is 16.0. The highest BCUT2D eigenvalue weighted by atomic mass is 16.2. The van der Waals surface area contributed by atoms with Crippen molar-refractivity contribution in [1.29, 1.82) is 0 Å². The topological polar surface area (TPSA) is 83.8 Å². The smallest absolute Gasteiger partial charge is 0.256 e. The van der Waals surface area contributed by atoms with Gasteiger partial charge in [0, 0.05) is 46.3 Å². The molecule has 4 aromatic rings. The lowest BCUT2D eigenvalue weighted by Crippen LogP contribution is -2.04. The quantitative estimate of drug-likeness (QED) is 0.318. The lowest BCUT2D eigenvalue weighted by Gasteiger charge is -2.13. The lowest BCUT2D eigenvalue weighted by atomic mass is 9.91.